The molecule has 0 amide bonds. The van der Waals surface area contributed by atoms with E-state index in [0.29, 0.717) is 31.6 Å². The molecule has 18 heavy (non-hydrogen) atoms. The average Bonchev–Trinajstić information content (AvgIpc) is 2.28. The van der Waals surface area contributed by atoms with Gasteiger partial charge >= 0.3 is 0 Å². The van der Waals surface area contributed by atoms with Crippen LogP contribution in [0.3, 0.4) is 0 Å². The number of carbonyl (C=O) groups excluding carboxylic acids is 1. The predicted molar refractivity (Wildman–Crippen MR) is 67.2 cm³/mol. The highest BCUT2D eigenvalue weighted by Crippen LogP contribution is 2.26. The molecule has 1 aromatic carbocycles. The van der Waals surface area contributed by atoms with Gasteiger partial charge < -0.3 is 10.5 Å². The molecule has 4 heteroatoms. The Morgan fingerprint density at radius 3 is 2.50 bits per heavy atom. The second-order valence-electron chi connectivity index (χ2n) is 5.04. The van der Waals surface area contributed by atoms with Gasteiger partial charge in [0.05, 0.1) is 11.1 Å². The lowest BCUT2D eigenvalue weighted by molar-refractivity contribution is 0.0445. The number of Topliss-reactive ketones (excluding diaryl/α,β-unsaturated/α-hetero) is 1. The van der Waals surface area contributed by atoms with Crippen LogP contribution in [-0.2, 0) is 4.74 Å². The molecule has 0 saturated carbocycles. The topological polar surface area (TPSA) is 52.3 Å². The molecule has 0 aromatic heterocycles. The van der Waals surface area contributed by atoms with Gasteiger partial charge in [-0.1, -0.05) is 6.07 Å². The summed E-state index contributed by atoms with van der Waals surface area (Å²) in [5, 5.41) is 0. The summed E-state index contributed by atoms with van der Waals surface area (Å²) in [6, 6.07) is 3.18. The van der Waals surface area contributed by atoms with E-state index in [4.69, 9.17) is 10.5 Å². The van der Waals surface area contributed by atoms with Crippen LogP contribution >= 0.6 is 0 Å². The molecule has 0 aliphatic carbocycles. The van der Waals surface area contributed by atoms with E-state index in [1.165, 1.54) is 6.07 Å². The normalized spacial score (nSPS) is 18.7. The molecule has 1 fully saturated rings. The maximum atomic E-state index is 14.0. The Labute approximate surface area is 106 Å². The minimum Gasteiger partial charge on any atom is -0.381 e. The van der Waals surface area contributed by atoms with Crippen molar-refractivity contribution in [2.24, 2.45) is 5.73 Å². The maximum absolute atomic E-state index is 14.0. The molecule has 0 atom stereocenters. The van der Waals surface area contributed by atoms with E-state index in [-0.39, 0.29) is 11.3 Å². The van der Waals surface area contributed by atoms with Crippen LogP contribution in [0.5, 0.6) is 0 Å². The first-order valence-electron chi connectivity index (χ1n) is 6.12. The molecule has 0 bridgehead atoms. The largest absolute Gasteiger partial charge is 0.381 e. The van der Waals surface area contributed by atoms with E-state index in [9.17, 15) is 9.18 Å². The third kappa shape index (κ3) is 2.31. The third-order valence-corrected chi connectivity index (χ3v) is 3.50. The first kappa shape index (κ1) is 13.2. The van der Waals surface area contributed by atoms with Crippen LogP contribution in [0.2, 0.25) is 0 Å². The van der Waals surface area contributed by atoms with Gasteiger partial charge in [0.25, 0.3) is 0 Å². The Morgan fingerprint density at radius 1 is 1.33 bits per heavy atom. The lowest BCUT2D eigenvalue weighted by atomic mass is 9.82. The molecule has 1 aromatic rings. The Morgan fingerprint density at radius 2 is 1.94 bits per heavy atom. The zero-order valence-corrected chi connectivity index (χ0v) is 10.8. The number of hydrogen-bond donors (Lipinski definition) is 1. The van der Waals surface area contributed by atoms with Crippen LogP contribution in [0.4, 0.5) is 4.39 Å². The summed E-state index contributed by atoms with van der Waals surface area (Å²) in [5.74, 6) is -0.783. The minimum absolute atomic E-state index is 0.130. The van der Waals surface area contributed by atoms with Gasteiger partial charge in [0.1, 0.15) is 5.82 Å². The Balaban J connectivity index is 2.39. The molecule has 2 rings (SSSR count). The van der Waals surface area contributed by atoms with Crippen molar-refractivity contribution in [2.45, 2.75) is 32.2 Å². The highest BCUT2D eigenvalue weighted by molar-refractivity contribution is 6.04. The lowest BCUT2D eigenvalue weighted by Gasteiger charge is -2.32. The smallest absolute Gasteiger partial charge is 0.186 e. The summed E-state index contributed by atoms with van der Waals surface area (Å²) in [4.78, 5) is 12.5. The molecule has 1 heterocycles. The number of ether oxygens (including phenoxy) is 1. The second kappa shape index (κ2) is 4.78. The standard InChI is InChI=1S/C14H18FNO2/c1-9-7-10(2)12(11(15)8-9)13(17)14(16)3-5-18-6-4-14/h7-8H,3-6,16H2,1-2H3. The van der Waals surface area contributed by atoms with Gasteiger partial charge in [-0.25, -0.2) is 4.39 Å². The van der Waals surface area contributed by atoms with Crippen LogP contribution in [0.1, 0.15) is 34.3 Å². The summed E-state index contributed by atoms with van der Waals surface area (Å²) >= 11 is 0. The summed E-state index contributed by atoms with van der Waals surface area (Å²) < 4.78 is 19.2. The molecule has 3 nitrogen and oxygen atoms in total. The van der Waals surface area contributed by atoms with E-state index >= 15 is 0 Å². The average molecular weight is 251 g/mol. The van der Waals surface area contributed by atoms with Gasteiger partial charge in [0.2, 0.25) is 0 Å². The van der Waals surface area contributed by atoms with Gasteiger partial charge in [-0.05, 0) is 43.9 Å². The van der Waals surface area contributed by atoms with Crippen molar-refractivity contribution >= 4 is 5.78 Å². The van der Waals surface area contributed by atoms with Crippen LogP contribution < -0.4 is 5.73 Å². The molecule has 1 aliphatic rings. The molecule has 1 saturated heterocycles. The number of nitrogens with two attached hydrogens (primary N) is 1. The first-order chi connectivity index (χ1) is 8.44. The maximum Gasteiger partial charge on any atom is 0.186 e. The Bertz CT molecular complexity index is 456. The van der Waals surface area contributed by atoms with E-state index in [2.05, 4.69) is 0 Å². The number of hydrogen-bond acceptors (Lipinski definition) is 3. The van der Waals surface area contributed by atoms with Crippen molar-refractivity contribution < 1.29 is 13.9 Å². The number of halogens is 1. The number of benzene rings is 1. The number of carbonyl (C=O) groups is 1. The fraction of sp³-hybridized carbons (Fsp3) is 0.500. The summed E-state index contributed by atoms with van der Waals surface area (Å²) in [6.45, 7) is 4.45. The van der Waals surface area contributed by atoms with Crippen molar-refractivity contribution in [2.75, 3.05) is 13.2 Å². The van der Waals surface area contributed by atoms with Crippen molar-refractivity contribution in [1.29, 1.82) is 0 Å². The van der Waals surface area contributed by atoms with Gasteiger partial charge in [-0.3, -0.25) is 4.79 Å². The highest BCUT2D eigenvalue weighted by Gasteiger charge is 2.38. The van der Waals surface area contributed by atoms with Gasteiger partial charge in [-0.2, -0.15) is 0 Å². The quantitative estimate of drug-likeness (QED) is 0.819. The zero-order valence-electron chi connectivity index (χ0n) is 10.8. The molecule has 0 unspecified atom stereocenters. The molecule has 0 spiro atoms. The van der Waals surface area contributed by atoms with Crippen LogP contribution in [0, 0.1) is 19.7 Å². The predicted octanol–water partition coefficient (Wildman–Crippen LogP) is 2.13. The van der Waals surface area contributed by atoms with Gasteiger partial charge in [0, 0.05) is 13.2 Å². The second-order valence-corrected chi connectivity index (χ2v) is 5.04. The molecular formula is C14H18FNO2. The van der Waals surface area contributed by atoms with Gasteiger partial charge in [0.15, 0.2) is 5.78 Å². The number of aryl methyl sites for hydroxylation is 2. The highest BCUT2D eigenvalue weighted by atomic mass is 19.1. The fourth-order valence-corrected chi connectivity index (χ4v) is 2.41. The van der Waals surface area contributed by atoms with Crippen molar-refractivity contribution in [3.63, 3.8) is 0 Å². The van der Waals surface area contributed by atoms with E-state index in [0.717, 1.165) is 5.56 Å². The van der Waals surface area contributed by atoms with Crippen molar-refractivity contribution in [3.05, 3.63) is 34.6 Å². The monoisotopic (exact) mass is 251 g/mol. The van der Waals surface area contributed by atoms with E-state index in [1.54, 1.807) is 19.9 Å². The van der Waals surface area contributed by atoms with E-state index < -0.39 is 11.4 Å². The fourth-order valence-electron chi connectivity index (χ4n) is 2.41. The minimum atomic E-state index is -0.987. The van der Waals surface area contributed by atoms with Crippen LogP contribution in [0.25, 0.3) is 0 Å². The van der Waals surface area contributed by atoms with Crippen molar-refractivity contribution in [1.82, 2.24) is 0 Å². The van der Waals surface area contributed by atoms with Crippen molar-refractivity contribution in [3.8, 4) is 0 Å². The summed E-state index contributed by atoms with van der Waals surface area (Å²) in [6.07, 6.45) is 0.886. The molecule has 0 radical (unpaired) electrons. The Kier molecular flexibility index (Phi) is 3.50. The van der Waals surface area contributed by atoms with Gasteiger partial charge in [-0.15, -0.1) is 0 Å². The lowest BCUT2D eigenvalue weighted by Crippen LogP contribution is -2.52. The molecule has 2 N–H and O–H groups in total. The van der Waals surface area contributed by atoms with Crippen LogP contribution in [-0.4, -0.2) is 24.5 Å². The third-order valence-electron chi connectivity index (χ3n) is 3.50. The SMILES string of the molecule is Cc1cc(C)c(C(=O)C2(N)CCOCC2)c(F)c1. The number of rotatable bonds is 2. The Hall–Kier alpha value is -1.26. The molecule has 98 valence electrons. The summed E-state index contributed by atoms with van der Waals surface area (Å²) in [5.41, 5.74) is 6.71. The van der Waals surface area contributed by atoms with E-state index in [1.807, 2.05) is 0 Å². The molecule has 1 aliphatic heterocycles. The first-order valence-corrected chi connectivity index (χ1v) is 6.12. The van der Waals surface area contributed by atoms with Crippen LogP contribution in [0.15, 0.2) is 12.1 Å². The number of ketones is 1. The molecular weight excluding hydrogens is 233 g/mol. The zero-order chi connectivity index (χ0) is 13.3. The summed E-state index contributed by atoms with van der Waals surface area (Å²) in [7, 11) is 0.